The van der Waals surface area contributed by atoms with Gasteiger partial charge >= 0.3 is 17.9 Å². The Hall–Kier alpha value is -6.01. The first-order valence-electron chi connectivity index (χ1n) is 27.8. The molecule has 0 fully saturated rings. The van der Waals surface area contributed by atoms with E-state index >= 15 is 0 Å². The molecule has 0 bridgehead atoms. The minimum absolute atomic E-state index is 0.136. The van der Waals surface area contributed by atoms with Crippen LogP contribution in [0.25, 0.3) is 0 Å². The molecule has 0 aliphatic heterocycles. The van der Waals surface area contributed by atoms with Gasteiger partial charge < -0.3 is 14.2 Å². The van der Waals surface area contributed by atoms with E-state index < -0.39 is 6.10 Å². The Balaban J connectivity index is 4.67. The summed E-state index contributed by atoms with van der Waals surface area (Å²) in [5, 5.41) is 0. The lowest BCUT2D eigenvalue weighted by molar-refractivity contribution is -0.167. The SMILES string of the molecule is CC\C=C/C=C\C=C/C=C\C=C\C=C/C=C\CCCCCC(=O)OCC(COC(=O)CCCCC\C=C/C=C/C=C\C=C/C=C\C=C/CC)OC(=O)CCCCCCCC/C=C\C/C=C\C/C=C\C/C=C\CC. The Bertz CT molecular complexity index is 1860. The molecule has 6 nitrogen and oxygen atoms in total. The number of hydrogen-bond acceptors (Lipinski definition) is 6. The monoisotopic (exact) mass is 997 g/mol. The second kappa shape index (κ2) is 58.6. The average Bonchev–Trinajstić information content (AvgIpc) is 3.39. The molecule has 73 heavy (non-hydrogen) atoms. The largest absolute Gasteiger partial charge is 0.462 e. The van der Waals surface area contributed by atoms with Gasteiger partial charge in [-0.2, -0.15) is 0 Å². The molecule has 0 amide bonds. The molecule has 0 aromatic rings. The van der Waals surface area contributed by atoms with Gasteiger partial charge in [-0.3, -0.25) is 14.4 Å². The minimum Gasteiger partial charge on any atom is -0.462 e. The lowest BCUT2D eigenvalue weighted by atomic mass is 10.1. The van der Waals surface area contributed by atoms with E-state index in [-0.39, 0.29) is 50.4 Å². The van der Waals surface area contributed by atoms with E-state index in [0.29, 0.717) is 12.8 Å². The Morgan fingerprint density at radius 3 is 0.945 bits per heavy atom. The van der Waals surface area contributed by atoms with Gasteiger partial charge in [-0.05, 0) is 96.3 Å². The molecule has 0 spiro atoms. The van der Waals surface area contributed by atoms with E-state index in [1.54, 1.807) is 0 Å². The minimum atomic E-state index is -0.839. The highest BCUT2D eigenvalue weighted by Crippen LogP contribution is 2.12. The summed E-state index contributed by atoms with van der Waals surface area (Å²) in [5.74, 6) is -1.05. The molecular weight excluding hydrogens is 901 g/mol. The fourth-order valence-corrected chi connectivity index (χ4v) is 6.56. The molecule has 0 aliphatic carbocycles. The second-order valence-electron chi connectivity index (χ2n) is 17.3. The van der Waals surface area contributed by atoms with E-state index in [0.717, 1.165) is 109 Å². The number of esters is 3. The van der Waals surface area contributed by atoms with Crippen LogP contribution in [0.4, 0.5) is 0 Å². The molecule has 0 rings (SSSR count). The number of rotatable bonds is 46. The summed E-state index contributed by atoms with van der Waals surface area (Å²) >= 11 is 0. The molecule has 0 saturated carbocycles. The van der Waals surface area contributed by atoms with Gasteiger partial charge in [-0.15, -0.1) is 0 Å². The van der Waals surface area contributed by atoms with Crippen molar-refractivity contribution in [1.82, 2.24) is 0 Å². The summed E-state index contributed by atoms with van der Waals surface area (Å²) in [6, 6.07) is 0. The lowest BCUT2D eigenvalue weighted by Gasteiger charge is -2.18. The van der Waals surface area contributed by atoms with Crippen LogP contribution in [0, 0.1) is 0 Å². The molecule has 0 heterocycles. The predicted octanol–water partition coefficient (Wildman–Crippen LogP) is 18.9. The van der Waals surface area contributed by atoms with Gasteiger partial charge in [0.15, 0.2) is 6.10 Å². The van der Waals surface area contributed by atoms with E-state index in [9.17, 15) is 14.4 Å². The summed E-state index contributed by atoms with van der Waals surface area (Å²) in [6.07, 6.45) is 90.8. The van der Waals surface area contributed by atoms with Crippen molar-refractivity contribution >= 4 is 17.9 Å². The van der Waals surface area contributed by atoms with Crippen LogP contribution in [0.3, 0.4) is 0 Å². The number of unbranched alkanes of at least 4 members (excludes halogenated alkanes) is 12. The van der Waals surface area contributed by atoms with Crippen molar-refractivity contribution in [2.75, 3.05) is 13.2 Å². The maximum atomic E-state index is 12.9. The first kappa shape index (κ1) is 67.0. The fourth-order valence-electron chi connectivity index (χ4n) is 6.56. The quantitative estimate of drug-likeness (QED) is 0.0199. The first-order chi connectivity index (χ1) is 36.0. The molecule has 0 aromatic carbocycles. The van der Waals surface area contributed by atoms with Crippen LogP contribution in [0.15, 0.2) is 207 Å². The van der Waals surface area contributed by atoms with Crippen LogP contribution in [0.5, 0.6) is 0 Å². The fraction of sp³-hybridized carbons (Fsp3) is 0.448. The van der Waals surface area contributed by atoms with Gasteiger partial charge in [0.1, 0.15) is 13.2 Å². The zero-order valence-corrected chi connectivity index (χ0v) is 45.5. The summed E-state index contributed by atoms with van der Waals surface area (Å²) < 4.78 is 16.8. The number of carbonyl (C=O) groups is 3. The third-order valence-electron chi connectivity index (χ3n) is 10.6. The van der Waals surface area contributed by atoms with Crippen molar-refractivity contribution < 1.29 is 28.6 Å². The van der Waals surface area contributed by atoms with Gasteiger partial charge in [0.2, 0.25) is 0 Å². The maximum Gasteiger partial charge on any atom is 0.306 e. The van der Waals surface area contributed by atoms with Gasteiger partial charge in [-0.1, -0.05) is 266 Å². The number of allylic oxidation sites excluding steroid dienone is 34. The van der Waals surface area contributed by atoms with Crippen LogP contribution in [-0.4, -0.2) is 37.2 Å². The number of ether oxygens (including phenoxy) is 3. The molecule has 1 unspecified atom stereocenters. The maximum absolute atomic E-state index is 12.9. The zero-order valence-electron chi connectivity index (χ0n) is 45.5. The number of hydrogen-bond donors (Lipinski definition) is 0. The smallest absolute Gasteiger partial charge is 0.306 e. The summed E-state index contributed by atoms with van der Waals surface area (Å²) in [4.78, 5) is 38.2. The van der Waals surface area contributed by atoms with Gasteiger partial charge in [0.05, 0.1) is 0 Å². The van der Waals surface area contributed by atoms with Crippen molar-refractivity contribution in [2.24, 2.45) is 0 Å². The Kier molecular flexibility index (Phi) is 53.7. The zero-order chi connectivity index (χ0) is 52.9. The third kappa shape index (κ3) is 56.8. The van der Waals surface area contributed by atoms with Crippen LogP contribution >= 0.6 is 0 Å². The van der Waals surface area contributed by atoms with Crippen molar-refractivity contribution in [3.63, 3.8) is 0 Å². The van der Waals surface area contributed by atoms with E-state index in [1.165, 1.54) is 12.8 Å². The Morgan fingerprint density at radius 1 is 0.288 bits per heavy atom. The van der Waals surface area contributed by atoms with Crippen molar-refractivity contribution in [1.29, 1.82) is 0 Å². The molecular formula is C67H96O6. The first-order valence-corrected chi connectivity index (χ1v) is 27.8. The van der Waals surface area contributed by atoms with E-state index in [1.807, 2.05) is 134 Å². The van der Waals surface area contributed by atoms with E-state index in [2.05, 4.69) is 93.7 Å². The third-order valence-corrected chi connectivity index (χ3v) is 10.6. The highest BCUT2D eigenvalue weighted by atomic mass is 16.6. The molecule has 400 valence electrons. The van der Waals surface area contributed by atoms with Crippen LogP contribution in [0.2, 0.25) is 0 Å². The highest BCUT2D eigenvalue weighted by Gasteiger charge is 2.19. The molecule has 1 atom stereocenters. The second-order valence-corrected chi connectivity index (χ2v) is 17.3. The van der Waals surface area contributed by atoms with Gasteiger partial charge in [-0.25, -0.2) is 0 Å². The molecule has 0 radical (unpaired) electrons. The molecule has 0 saturated heterocycles. The summed E-state index contributed by atoms with van der Waals surface area (Å²) in [5.41, 5.74) is 0. The van der Waals surface area contributed by atoms with Crippen molar-refractivity contribution in [3.8, 4) is 0 Å². The Morgan fingerprint density at radius 2 is 0.562 bits per heavy atom. The lowest BCUT2D eigenvalue weighted by Crippen LogP contribution is -2.30. The summed E-state index contributed by atoms with van der Waals surface area (Å²) in [7, 11) is 0. The van der Waals surface area contributed by atoms with Crippen molar-refractivity contribution in [2.45, 2.75) is 181 Å². The normalized spacial score (nSPS) is 13.7. The molecule has 0 aliphatic rings. The van der Waals surface area contributed by atoms with Crippen molar-refractivity contribution in [3.05, 3.63) is 207 Å². The molecule has 6 heteroatoms. The van der Waals surface area contributed by atoms with Crippen LogP contribution in [0.1, 0.15) is 175 Å². The van der Waals surface area contributed by atoms with Crippen LogP contribution in [-0.2, 0) is 28.6 Å². The van der Waals surface area contributed by atoms with Crippen LogP contribution < -0.4 is 0 Å². The molecule has 0 N–H and O–H groups in total. The highest BCUT2D eigenvalue weighted by molar-refractivity contribution is 5.71. The van der Waals surface area contributed by atoms with E-state index in [4.69, 9.17) is 14.2 Å². The predicted molar refractivity (Wildman–Crippen MR) is 315 cm³/mol. The topological polar surface area (TPSA) is 78.9 Å². The molecule has 0 aromatic heterocycles. The average molecular weight is 997 g/mol. The standard InChI is InChI=1S/C67H96O6/c1-4-7-10-13-16-19-22-25-28-31-33-36-39-42-45-48-51-54-57-60-66(69)72-63-64(62-71-65(68)59-56-53-50-47-44-41-38-35-30-27-24-21-18-15-12-9-6-3)73-67(70)61-58-55-52-49-46-43-40-37-34-32-29-26-23-20-17-14-11-8-5-2/h7-13,15-22,24-31,33-39,41-42,44-45,64H,4-6,14,23,32,40,43,46-63H2,1-3H3/b10-7-,11-8-,12-9-,16-13-,18-15-,20-17-,22-19-,24-21-,28-25-,29-26-,30-27-,33-31+,37-34-,38-35+,39-36-,44-41-,45-42-. The summed E-state index contributed by atoms with van der Waals surface area (Å²) in [6.45, 7) is 6.11. The van der Waals surface area contributed by atoms with Gasteiger partial charge in [0, 0.05) is 19.3 Å². The number of carbonyl (C=O) groups excluding carboxylic acids is 3. The van der Waals surface area contributed by atoms with Gasteiger partial charge in [0.25, 0.3) is 0 Å². The Labute approximate surface area is 445 Å².